The van der Waals surface area contributed by atoms with E-state index in [4.69, 9.17) is 4.74 Å². The molecule has 1 atom stereocenters. The molecular formula is C28H29NO4S. The van der Waals surface area contributed by atoms with E-state index < -0.39 is 17.7 Å². The Morgan fingerprint density at radius 1 is 1.03 bits per heavy atom. The topological polar surface area (TPSA) is 66.8 Å². The van der Waals surface area contributed by atoms with Crippen LogP contribution in [-0.2, 0) is 9.59 Å². The van der Waals surface area contributed by atoms with Gasteiger partial charge in [-0.15, -0.1) is 11.3 Å². The van der Waals surface area contributed by atoms with E-state index in [-0.39, 0.29) is 11.3 Å². The number of aryl methyl sites for hydroxylation is 3. The first-order chi connectivity index (χ1) is 16.2. The minimum atomic E-state index is -0.706. The molecule has 176 valence electrons. The fraction of sp³-hybridized carbons (Fsp3) is 0.286. The maximum absolute atomic E-state index is 13.3. The Kier molecular flexibility index (Phi) is 6.62. The van der Waals surface area contributed by atoms with Gasteiger partial charge in [0.1, 0.15) is 17.6 Å². The minimum Gasteiger partial charge on any atom is -0.507 e. The van der Waals surface area contributed by atoms with E-state index >= 15 is 0 Å². The molecule has 2 aromatic carbocycles. The second-order valence-corrected chi connectivity index (χ2v) is 10.1. The molecule has 6 heteroatoms. The normalized spacial score (nSPS) is 17.6. The van der Waals surface area contributed by atoms with E-state index in [0.29, 0.717) is 29.5 Å². The van der Waals surface area contributed by atoms with Crippen LogP contribution in [0.25, 0.3) is 5.76 Å². The van der Waals surface area contributed by atoms with Gasteiger partial charge in [-0.1, -0.05) is 32.0 Å². The van der Waals surface area contributed by atoms with Crippen molar-refractivity contribution in [2.45, 2.75) is 40.7 Å². The number of ether oxygens (including phenoxy) is 1. The van der Waals surface area contributed by atoms with Gasteiger partial charge in [-0.2, -0.15) is 0 Å². The van der Waals surface area contributed by atoms with E-state index in [1.807, 2.05) is 56.5 Å². The number of anilines is 1. The van der Waals surface area contributed by atoms with Crippen molar-refractivity contribution >= 4 is 34.5 Å². The van der Waals surface area contributed by atoms with Crippen LogP contribution >= 0.6 is 11.3 Å². The van der Waals surface area contributed by atoms with Gasteiger partial charge >= 0.3 is 0 Å². The maximum Gasteiger partial charge on any atom is 0.300 e. The molecule has 4 rings (SSSR count). The van der Waals surface area contributed by atoms with Crippen molar-refractivity contribution in [3.63, 3.8) is 0 Å². The Morgan fingerprint density at radius 3 is 2.44 bits per heavy atom. The third-order valence-electron chi connectivity index (χ3n) is 6.05. The highest BCUT2D eigenvalue weighted by Crippen LogP contribution is 2.45. The summed E-state index contributed by atoms with van der Waals surface area (Å²) in [7, 11) is 0. The van der Waals surface area contributed by atoms with Crippen LogP contribution in [0.5, 0.6) is 5.75 Å². The summed E-state index contributed by atoms with van der Waals surface area (Å²) < 4.78 is 5.81. The van der Waals surface area contributed by atoms with Crippen LogP contribution < -0.4 is 9.64 Å². The van der Waals surface area contributed by atoms with Crippen molar-refractivity contribution in [2.24, 2.45) is 5.92 Å². The van der Waals surface area contributed by atoms with Crippen molar-refractivity contribution in [3.8, 4) is 5.75 Å². The lowest BCUT2D eigenvalue weighted by atomic mass is 9.98. The average Bonchev–Trinajstić information content (AvgIpc) is 3.34. The Morgan fingerprint density at radius 2 is 1.79 bits per heavy atom. The summed E-state index contributed by atoms with van der Waals surface area (Å²) in [5.74, 6) is -0.582. The third-order valence-corrected chi connectivity index (χ3v) is 7.13. The number of carbonyl (C=O) groups is 2. The lowest BCUT2D eigenvalue weighted by Gasteiger charge is -2.25. The van der Waals surface area contributed by atoms with Gasteiger partial charge in [-0.05, 0) is 79.1 Å². The molecule has 3 aromatic rings. The standard InChI is InChI=1S/C28H29NO4S/c1-16(2)15-33-22-8-6-7-20(14-22)25(30)23-24(27-18(4)11-12-34-27)29(28(32)26(23)31)21-10-9-17(3)19(5)13-21/h6-14,16,24,30H,15H2,1-5H3/b25-23-. The lowest BCUT2D eigenvalue weighted by molar-refractivity contribution is -0.132. The number of amides is 1. The summed E-state index contributed by atoms with van der Waals surface area (Å²) in [6.45, 7) is 10.6. The number of rotatable bonds is 6. The molecule has 1 unspecified atom stereocenters. The highest BCUT2D eigenvalue weighted by atomic mass is 32.1. The zero-order chi connectivity index (χ0) is 24.6. The Labute approximate surface area is 204 Å². The van der Waals surface area contributed by atoms with Gasteiger partial charge in [-0.3, -0.25) is 14.5 Å². The number of ketones is 1. The zero-order valence-electron chi connectivity index (χ0n) is 20.1. The molecule has 1 aliphatic heterocycles. The highest BCUT2D eigenvalue weighted by Gasteiger charge is 2.48. The number of aliphatic hydroxyl groups is 1. The second-order valence-electron chi connectivity index (χ2n) is 9.14. The van der Waals surface area contributed by atoms with Crippen LogP contribution in [0.15, 0.2) is 59.5 Å². The Bertz CT molecular complexity index is 1290. The molecule has 1 aliphatic rings. The van der Waals surface area contributed by atoms with E-state index in [1.165, 1.54) is 16.2 Å². The summed E-state index contributed by atoms with van der Waals surface area (Å²) in [5, 5.41) is 13.3. The predicted octanol–water partition coefficient (Wildman–Crippen LogP) is 6.33. The van der Waals surface area contributed by atoms with E-state index in [0.717, 1.165) is 21.6 Å². The van der Waals surface area contributed by atoms with Gasteiger partial charge in [0.25, 0.3) is 11.7 Å². The number of hydrogen-bond donors (Lipinski definition) is 1. The first-order valence-electron chi connectivity index (χ1n) is 11.3. The number of carbonyl (C=O) groups excluding carboxylic acids is 2. The lowest BCUT2D eigenvalue weighted by Crippen LogP contribution is -2.29. The molecule has 1 amide bonds. The van der Waals surface area contributed by atoms with Gasteiger partial charge in [0.15, 0.2) is 0 Å². The van der Waals surface area contributed by atoms with E-state index in [9.17, 15) is 14.7 Å². The van der Waals surface area contributed by atoms with Gasteiger partial charge < -0.3 is 9.84 Å². The Hall–Kier alpha value is -3.38. The number of hydrogen-bond acceptors (Lipinski definition) is 5. The molecule has 0 radical (unpaired) electrons. The number of Topliss-reactive ketones (excluding diaryl/α,β-unsaturated/α-hetero) is 1. The van der Waals surface area contributed by atoms with Crippen LogP contribution in [0.3, 0.4) is 0 Å². The summed E-state index contributed by atoms with van der Waals surface area (Å²) in [4.78, 5) is 29.0. The molecule has 0 bridgehead atoms. The van der Waals surface area contributed by atoms with Crippen LogP contribution in [0.2, 0.25) is 0 Å². The van der Waals surface area contributed by atoms with E-state index in [2.05, 4.69) is 13.8 Å². The fourth-order valence-electron chi connectivity index (χ4n) is 4.04. The molecule has 1 N–H and O–H groups in total. The van der Waals surface area contributed by atoms with Crippen LogP contribution in [-0.4, -0.2) is 23.4 Å². The SMILES string of the molecule is Cc1ccc(N2C(=O)C(=O)/C(=C(\O)c3cccc(OCC(C)C)c3)C2c2sccc2C)cc1C. The molecular weight excluding hydrogens is 446 g/mol. The van der Waals surface area contributed by atoms with Crippen LogP contribution in [0, 0.1) is 26.7 Å². The molecule has 1 fully saturated rings. The molecule has 1 aromatic heterocycles. The largest absolute Gasteiger partial charge is 0.507 e. The van der Waals surface area contributed by atoms with Gasteiger partial charge in [0, 0.05) is 16.1 Å². The summed E-state index contributed by atoms with van der Waals surface area (Å²) >= 11 is 1.47. The zero-order valence-corrected chi connectivity index (χ0v) is 20.9. The number of thiophene rings is 1. The minimum absolute atomic E-state index is 0.0924. The van der Waals surface area contributed by atoms with Crippen molar-refractivity contribution < 1.29 is 19.4 Å². The summed E-state index contributed by atoms with van der Waals surface area (Å²) in [6, 6.07) is 14.0. The third kappa shape index (κ3) is 4.38. The predicted molar refractivity (Wildman–Crippen MR) is 137 cm³/mol. The first-order valence-corrected chi connectivity index (χ1v) is 12.2. The fourth-order valence-corrected chi connectivity index (χ4v) is 5.06. The molecule has 34 heavy (non-hydrogen) atoms. The number of benzene rings is 2. The van der Waals surface area contributed by atoms with Gasteiger partial charge in [-0.25, -0.2) is 0 Å². The first kappa shape index (κ1) is 23.8. The van der Waals surface area contributed by atoms with Gasteiger partial charge in [0.05, 0.1) is 12.2 Å². The number of nitrogens with zero attached hydrogens (tertiary/aromatic N) is 1. The second kappa shape index (κ2) is 9.47. The average molecular weight is 476 g/mol. The van der Waals surface area contributed by atoms with Crippen molar-refractivity contribution in [2.75, 3.05) is 11.5 Å². The Balaban J connectivity index is 1.87. The van der Waals surface area contributed by atoms with Crippen LogP contribution in [0.4, 0.5) is 5.69 Å². The maximum atomic E-state index is 13.3. The molecule has 0 spiro atoms. The highest BCUT2D eigenvalue weighted by molar-refractivity contribution is 7.10. The monoisotopic (exact) mass is 475 g/mol. The molecule has 5 nitrogen and oxygen atoms in total. The molecule has 0 saturated carbocycles. The van der Waals surface area contributed by atoms with Gasteiger partial charge in [0.2, 0.25) is 0 Å². The molecule has 2 heterocycles. The summed E-state index contributed by atoms with van der Waals surface area (Å²) in [6.07, 6.45) is 0. The van der Waals surface area contributed by atoms with Crippen molar-refractivity contribution in [1.82, 2.24) is 0 Å². The molecule has 1 saturated heterocycles. The van der Waals surface area contributed by atoms with Crippen LogP contribution in [0.1, 0.15) is 47.0 Å². The van der Waals surface area contributed by atoms with E-state index in [1.54, 1.807) is 18.2 Å². The smallest absolute Gasteiger partial charge is 0.300 e. The quantitative estimate of drug-likeness (QED) is 0.257. The molecule has 0 aliphatic carbocycles. The number of aliphatic hydroxyl groups excluding tert-OH is 1. The van der Waals surface area contributed by atoms with Crippen molar-refractivity contribution in [1.29, 1.82) is 0 Å². The summed E-state index contributed by atoms with van der Waals surface area (Å²) in [5.41, 5.74) is 4.26. The van der Waals surface area contributed by atoms with Crippen molar-refractivity contribution in [3.05, 3.63) is 86.6 Å².